The topological polar surface area (TPSA) is 121 Å². The van der Waals surface area contributed by atoms with Crippen LogP contribution in [-0.2, 0) is 10.0 Å². The summed E-state index contributed by atoms with van der Waals surface area (Å²) >= 11 is 1.10. The summed E-state index contributed by atoms with van der Waals surface area (Å²) < 4.78 is 40.3. The second-order valence-electron chi connectivity index (χ2n) is 12.2. The summed E-state index contributed by atoms with van der Waals surface area (Å²) in [5.74, 6) is 0.0929. The number of nitrogens with zero attached hydrogens (tertiary/aromatic N) is 4. The van der Waals surface area contributed by atoms with Gasteiger partial charge in [-0.3, -0.25) is 19.4 Å². The minimum Gasteiger partial charge on any atom is -0.493 e. The van der Waals surface area contributed by atoms with E-state index in [1.54, 1.807) is 38.1 Å². The lowest BCUT2D eigenvalue weighted by atomic mass is 10.0. The molecule has 4 aromatic rings. The van der Waals surface area contributed by atoms with E-state index in [9.17, 15) is 18.0 Å². The molecule has 0 spiro atoms. The minimum absolute atomic E-state index is 0.0282. The molecule has 1 fully saturated rings. The summed E-state index contributed by atoms with van der Waals surface area (Å²) in [6.07, 6.45) is 0.127. The van der Waals surface area contributed by atoms with Crippen molar-refractivity contribution in [2.24, 2.45) is 0 Å². The van der Waals surface area contributed by atoms with Gasteiger partial charge in [-0.25, -0.2) is 18.1 Å². The quantitative estimate of drug-likeness (QED) is 0.194. The molecule has 2 aliphatic rings. The summed E-state index contributed by atoms with van der Waals surface area (Å²) in [7, 11) is -0.822. The number of imide groups is 1. The van der Waals surface area contributed by atoms with Gasteiger partial charge < -0.3 is 14.4 Å². The van der Waals surface area contributed by atoms with E-state index < -0.39 is 27.9 Å². The fraction of sp³-hybridized carbons (Fsp3) is 0.361. The van der Waals surface area contributed by atoms with Crippen LogP contribution in [0, 0.1) is 13.8 Å². The van der Waals surface area contributed by atoms with Gasteiger partial charge in [-0.2, -0.15) is 0 Å². The predicted octanol–water partition coefficient (Wildman–Crippen LogP) is 5.37. The molecule has 1 saturated heterocycles. The van der Waals surface area contributed by atoms with E-state index >= 15 is 0 Å². The van der Waals surface area contributed by atoms with Crippen molar-refractivity contribution in [1.82, 2.24) is 19.5 Å². The molecule has 11 nitrogen and oxygen atoms in total. The number of carbonyl (C=O) groups excluding carboxylic acids is 2. The van der Waals surface area contributed by atoms with Gasteiger partial charge in [-0.15, -0.1) is 11.3 Å². The van der Waals surface area contributed by atoms with Gasteiger partial charge in [0, 0.05) is 38.8 Å². The van der Waals surface area contributed by atoms with Crippen molar-refractivity contribution in [3.05, 3.63) is 99.7 Å². The number of carbonyl (C=O) groups is 2. The van der Waals surface area contributed by atoms with Crippen molar-refractivity contribution < 1.29 is 27.5 Å². The molecule has 1 N–H and O–H groups in total. The lowest BCUT2D eigenvalue weighted by Crippen LogP contribution is -2.47. The van der Waals surface area contributed by atoms with E-state index in [0.29, 0.717) is 52.0 Å². The van der Waals surface area contributed by atoms with E-state index in [2.05, 4.69) is 50.7 Å². The Balaban J connectivity index is 1.27. The van der Waals surface area contributed by atoms with Crippen molar-refractivity contribution in [2.75, 3.05) is 51.8 Å². The molecule has 0 aliphatic carbocycles. The Morgan fingerprint density at radius 1 is 0.878 bits per heavy atom. The maximum Gasteiger partial charge on any atom is 0.264 e. The van der Waals surface area contributed by atoms with Crippen LogP contribution in [0.4, 0.5) is 5.69 Å². The summed E-state index contributed by atoms with van der Waals surface area (Å²) in [5, 5.41) is 0.648. The van der Waals surface area contributed by atoms with Crippen LogP contribution in [0.15, 0.2) is 70.9 Å². The molecule has 0 bridgehead atoms. The third-order valence-corrected chi connectivity index (χ3v) is 12.5. The third-order valence-electron chi connectivity index (χ3n) is 9.33. The second kappa shape index (κ2) is 14.3. The van der Waals surface area contributed by atoms with E-state index in [0.717, 1.165) is 30.1 Å². The number of hydrogen-bond acceptors (Lipinski definition) is 10. The van der Waals surface area contributed by atoms with Gasteiger partial charge in [-0.05, 0) is 62.6 Å². The first-order valence-electron chi connectivity index (χ1n) is 16.2. The number of amides is 2. The van der Waals surface area contributed by atoms with Crippen molar-refractivity contribution in [1.29, 1.82) is 0 Å². The number of benzene rings is 3. The average Bonchev–Trinajstić information content (AvgIpc) is 3.60. The number of thiazole rings is 1. The Hall–Kier alpha value is -4.30. The number of hydrogen-bond donors (Lipinski definition) is 1. The Morgan fingerprint density at radius 3 is 2.24 bits per heavy atom. The molecule has 0 saturated carbocycles. The molecule has 3 aromatic carbocycles. The van der Waals surface area contributed by atoms with E-state index in [1.807, 2.05) is 18.2 Å². The van der Waals surface area contributed by atoms with E-state index in [1.165, 1.54) is 24.7 Å². The molecular formula is C36H41N5O6S2. The number of aryl methyl sites for hydroxylation is 2. The lowest BCUT2D eigenvalue weighted by molar-refractivity contribution is 0.0575. The van der Waals surface area contributed by atoms with Gasteiger partial charge in [0.2, 0.25) is 0 Å². The highest BCUT2D eigenvalue weighted by Crippen LogP contribution is 2.40. The van der Waals surface area contributed by atoms with Crippen LogP contribution < -0.4 is 19.1 Å². The fourth-order valence-corrected chi connectivity index (χ4v) is 9.36. The molecule has 13 heteroatoms. The molecule has 2 amide bonds. The number of anilines is 1. The Morgan fingerprint density at radius 2 is 1.59 bits per heavy atom. The van der Waals surface area contributed by atoms with Gasteiger partial charge in [0.05, 0.1) is 47.8 Å². The Labute approximate surface area is 291 Å². The van der Waals surface area contributed by atoms with E-state index in [-0.39, 0.29) is 23.2 Å². The Kier molecular flexibility index (Phi) is 10.1. The van der Waals surface area contributed by atoms with Gasteiger partial charge in [0.25, 0.3) is 21.8 Å². The number of aromatic nitrogens is 1. The molecule has 1 aromatic heterocycles. The van der Waals surface area contributed by atoms with Crippen molar-refractivity contribution in [3.8, 4) is 11.5 Å². The number of fused-ring (bicyclic) bond motifs is 1. The first-order chi connectivity index (χ1) is 23.5. The summed E-state index contributed by atoms with van der Waals surface area (Å²) in [6.45, 7) is 8.60. The van der Waals surface area contributed by atoms with Crippen molar-refractivity contribution in [3.63, 3.8) is 0 Å². The van der Waals surface area contributed by atoms with Crippen LogP contribution in [0.5, 0.6) is 11.5 Å². The molecule has 0 radical (unpaired) electrons. The van der Waals surface area contributed by atoms with Crippen LogP contribution in [0.1, 0.15) is 68.0 Å². The lowest BCUT2D eigenvalue weighted by Gasteiger charge is -2.39. The van der Waals surface area contributed by atoms with E-state index in [4.69, 9.17) is 9.47 Å². The van der Waals surface area contributed by atoms with Crippen LogP contribution in [0.25, 0.3) is 0 Å². The number of methoxy groups -OCH3 is 2. The van der Waals surface area contributed by atoms with Crippen LogP contribution in [-0.4, -0.2) is 82.0 Å². The number of piperazine rings is 1. The average molecular weight is 704 g/mol. The van der Waals surface area contributed by atoms with Gasteiger partial charge >= 0.3 is 0 Å². The normalized spacial score (nSPS) is 16.5. The summed E-state index contributed by atoms with van der Waals surface area (Å²) in [6, 6.07) is 20.5. The number of sulfonamides is 1. The first-order valence-corrected chi connectivity index (χ1v) is 18.5. The number of nitrogens with one attached hydrogen (secondary N) is 1. The van der Waals surface area contributed by atoms with Gasteiger partial charge in [-0.1, -0.05) is 42.5 Å². The van der Waals surface area contributed by atoms with Gasteiger partial charge in [0.1, 0.15) is 0 Å². The highest BCUT2D eigenvalue weighted by Gasteiger charge is 2.43. The second-order valence-corrected chi connectivity index (χ2v) is 15.4. The number of rotatable bonds is 12. The largest absolute Gasteiger partial charge is 0.493 e. The van der Waals surface area contributed by atoms with Crippen molar-refractivity contribution in [2.45, 2.75) is 43.5 Å². The minimum atomic E-state index is -3.86. The van der Waals surface area contributed by atoms with Crippen LogP contribution in [0.2, 0.25) is 0 Å². The molecule has 49 heavy (non-hydrogen) atoms. The van der Waals surface area contributed by atoms with Crippen LogP contribution >= 0.6 is 11.3 Å². The zero-order valence-electron chi connectivity index (χ0n) is 28.3. The maximum absolute atomic E-state index is 14.4. The third kappa shape index (κ3) is 6.80. The maximum atomic E-state index is 14.4. The molecule has 258 valence electrons. The summed E-state index contributed by atoms with van der Waals surface area (Å²) in [5.41, 5.74) is 3.74. The van der Waals surface area contributed by atoms with Gasteiger partial charge in [0.15, 0.2) is 15.7 Å². The fourth-order valence-electron chi connectivity index (χ4n) is 6.79. The Bertz CT molecular complexity index is 1960. The molecule has 0 unspecified atom stereocenters. The predicted molar refractivity (Wildman–Crippen MR) is 189 cm³/mol. The molecule has 6 rings (SSSR count). The zero-order chi connectivity index (χ0) is 34.9. The monoisotopic (exact) mass is 703 g/mol. The molecular weight excluding hydrogens is 663 g/mol. The van der Waals surface area contributed by atoms with Crippen molar-refractivity contribution >= 4 is 38.9 Å². The smallest absolute Gasteiger partial charge is 0.264 e. The number of ether oxygens (including phenoxy) is 2. The highest BCUT2D eigenvalue weighted by atomic mass is 32.2. The summed E-state index contributed by atoms with van der Waals surface area (Å²) in [4.78, 5) is 38.7. The standard InChI is InChI=1S/C36H41N5O6S2/c1-23-36(48-25(3)38-23)49(44,45)37-17-16-29(27-14-15-31(46-4)32(22-27)47-5)41-34(42)28-12-9-13-30(33(28)35(41)43)40-20-18-39(19-21-40)24(2)26-10-7-6-8-11-26/h6-15,22,24,29,37H,16-21H2,1-5H3/t24-,29-/m1/s1. The highest BCUT2D eigenvalue weighted by molar-refractivity contribution is 7.91. The zero-order valence-corrected chi connectivity index (χ0v) is 29.9. The molecule has 2 atom stereocenters. The van der Waals surface area contributed by atoms with Crippen LogP contribution in [0.3, 0.4) is 0 Å². The first kappa shape index (κ1) is 34.6. The molecule has 3 heterocycles. The molecule has 2 aliphatic heterocycles. The SMILES string of the molecule is COc1ccc([C@@H](CCNS(=O)(=O)c2sc(C)nc2C)N2C(=O)c3cccc(N4CCN([C@H](C)c5ccccc5)CC4)c3C2=O)cc1OC.